The van der Waals surface area contributed by atoms with Crippen LogP contribution in [-0.2, 0) is 6.42 Å². The number of carboxylic acids is 1. The van der Waals surface area contributed by atoms with Gasteiger partial charge in [0.15, 0.2) is 0 Å². The summed E-state index contributed by atoms with van der Waals surface area (Å²) in [6, 6.07) is -9.52. The number of hydrogen-bond acceptors (Lipinski definition) is 3. The van der Waals surface area contributed by atoms with Crippen LogP contribution in [0.5, 0.6) is 0 Å². The topological polar surface area (TPSA) is 69.6 Å². The van der Waals surface area contributed by atoms with Crippen LogP contribution in [0.1, 0.15) is 61.5 Å². The highest BCUT2D eigenvalue weighted by Gasteiger charge is 2.07. The van der Waals surface area contributed by atoms with Gasteiger partial charge in [0, 0.05) is 12.0 Å². The van der Waals surface area contributed by atoms with Gasteiger partial charge in [0.1, 0.15) is 0 Å². The Hall–Kier alpha value is -2.95. The van der Waals surface area contributed by atoms with E-state index in [-0.39, 0.29) is 5.56 Å². The third kappa shape index (κ3) is 6.01. The molecule has 0 amide bonds. The molecule has 3 rings (SSSR count). The lowest BCUT2D eigenvalue weighted by Crippen LogP contribution is -2.22. The van der Waals surface area contributed by atoms with Crippen molar-refractivity contribution >= 4 is 5.97 Å². The van der Waals surface area contributed by atoms with Gasteiger partial charge in [-0.05, 0) is 60.6 Å². The van der Waals surface area contributed by atoms with Crippen molar-refractivity contribution in [3.63, 3.8) is 0 Å². The lowest BCUT2D eigenvalue weighted by Gasteiger charge is -2.13. The molecule has 29 heavy (non-hydrogen) atoms. The molecule has 0 fully saturated rings. The van der Waals surface area contributed by atoms with E-state index in [2.05, 4.69) is 5.32 Å². The standard InChI is InChI=1S/C25H27NO3/c1-18-6-2-11-22(14-18)24(27)17-26-13-5-8-19-7-3-9-20(15-19)21-10-4-12-23(16-21)25(28)29/h2-4,6-7,9-12,14-16,24,26-27H,5,8,13,17H2,1H3,(H,28,29)/t24-/m0/s1/i2D,3D,4D,5D2,6D,7D,9D,10D,11D,12D,14D,15D,16D,17D2. The zero-order valence-electron chi connectivity index (χ0n) is 31.3. The van der Waals surface area contributed by atoms with Crippen molar-refractivity contribution in [3.8, 4) is 11.1 Å². The fourth-order valence-corrected chi connectivity index (χ4v) is 2.24. The van der Waals surface area contributed by atoms with Gasteiger partial charge in [0.2, 0.25) is 0 Å². The molecule has 0 spiro atoms. The number of benzene rings is 3. The zero-order chi connectivity index (χ0) is 34.7. The first-order valence-electron chi connectivity index (χ1n) is 16.4. The van der Waals surface area contributed by atoms with E-state index in [1.54, 1.807) is 0 Å². The zero-order valence-corrected chi connectivity index (χ0v) is 15.3. The van der Waals surface area contributed by atoms with Crippen molar-refractivity contribution in [2.24, 2.45) is 0 Å². The van der Waals surface area contributed by atoms with Crippen LogP contribution >= 0.6 is 0 Å². The van der Waals surface area contributed by atoms with Crippen molar-refractivity contribution in [2.75, 3.05) is 13.0 Å². The van der Waals surface area contributed by atoms with E-state index < -0.39 is 138 Å². The summed E-state index contributed by atoms with van der Waals surface area (Å²) in [6.07, 6.45) is -5.72. The number of nitrogens with one attached hydrogen (secondary N) is 1. The third-order valence-corrected chi connectivity index (χ3v) is 3.56. The van der Waals surface area contributed by atoms with Gasteiger partial charge in [0.25, 0.3) is 0 Å². The molecule has 0 saturated carbocycles. The highest BCUT2D eigenvalue weighted by Crippen LogP contribution is 2.22. The molecule has 0 saturated heterocycles. The molecule has 1 atom stereocenters. The van der Waals surface area contributed by atoms with Gasteiger partial charge < -0.3 is 15.5 Å². The Labute approximate surface area is 194 Å². The second kappa shape index (κ2) is 10.0. The third-order valence-electron chi connectivity index (χ3n) is 3.56. The van der Waals surface area contributed by atoms with E-state index in [1.807, 2.05) is 0 Å². The molecule has 150 valence electrons. The van der Waals surface area contributed by atoms with Crippen LogP contribution in [0.2, 0.25) is 0 Å². The van der Waals surface area contributed by atoms with Crippen LogP contribution in [0.25, 0.3) is 11.1 Å². The van der Waals surface area contributed by atoms with Gasteiger partial charge in [-0.25, -0.2) is 4.79 Å². The molecule has 0 unspecified atom stereocenters. The SMILES string of the molecule is [2H]c1c([2H])c(CC([2H])([2H])CNC([2H])([2H])[C@H](O)c2c([2H])c([2H])c([2H])c(C)c2[2H])c([2H])c(-c2c([2H])c([2H])c([2H])c(C(=O)O)c2[2H])c1[2H]. The molecule has 0 aromatic heterocycles. The van der Waals surface area contributed by atoms with E-state index in [9.17, 15) is 15.0 Å². The van der Waals surface area contributed by atoms with E-state index in [4.69, 9.17) is 21.9 Å². The maximum Gasteiger partial charge on any atom is 0.335 e. The summed E-state index contributed by atoms with van der Waals surface area (Å²) in [5.74, 6) is -1.79. The second-order valence-electron chi connectivity index (χ2n) is 5.77. The van der Waals surface area contributed by atoms with Crippen molar-refractivity contribution in [1.29, 1.82) is 0 Å². The maximum absolute atomic E-state index is 11.7. The molecule has 0 aliphatic rings. The van der Waals surface area contributed by atoms with Crippen LogP contribution in [0.4, 0.5) is 0 Å². The predicted molar refractivity (Wildman–Crippen MR) is 116 cm³/mol. The molecule has 4 nitrogen and oxygen atoms in total. The monoisotopic (exact) mass is 405 g/mol. The van der Waals surface area contributed by atoms with Crippen LogP contribution in [0.15, 0.2) is 72.5 Å². The Morgan fingerprint density at radius 1 is 1.07 bits per heavy atom. The number of hydrogen-bond donors (Lipinski definition) is 3. The summed E-state index contributed by atoms with van der Waals surface area (Å²) in [7, 11) is 0. The van der Waals surface area contributed by atoms with E-state index in [1.165, 1.54) is 6.92 Å². The quantitative estimate of drug-likeness (QED) is 0.486. The summed E-state index contributed by atoms with van der Waals surface area (Å²) in [5.41, 5.74) is -3.65. The second-order valence-corrected chi connectivity index (χ2v) is 5.77. The van der Waals surface area contributed by atoms with Gasteiger partial charge in [-0.2, -0.15) is 0 Å². The lowest BCUT2D eigenvalue weighted by molar-refractivity contribution is 0.0697. The van der Waals surface area contributed by atoms with Crippen LogP contribution in [-0.4, -0.2) is 29.2 Å². The molecule has 0 radical (unpaired) electrons. The first-order valence-corrected chi connectivity index (χ1v) is 8.43. The largest absolute Gasteiger partial charge is 0.478 e. The fourth-order valence-electron chi connectivity index (χ4n) is 2.24. The highest BCUT2D eigenvalue weighted by atomic mass is 16.4. The van der Waals surface area contributed by atoms with E-state index >= 15 is 0 Å². The van der Waals surface area contributed by atoms with Crippen molar-refractivity contribution in [3.05, 3.63) is 94.8 Å². The smallest absolute Gasteiger partial charge is 0.335 e. The Balaban J connectivity index is 2.06. The van der Waals surface area contributed by atoms with E-state index in [0.29, 0.717) is 0 Å². The normalized spacial score (nSPS) is 20.8. The van der Waals surface area contributed by atoms with Gasteiger partial charge in [0.05, 0.1) is 28.1 Å². The van der Waals surface area contributed by atoms with Crippen molar-refractivity contribution in [2.45, 2.75) is 25.8 Å². The van der Waals surface area contributed by atoms with Gasteiger partial charge >= 0.3 is 5.97 Å². The molecular formula is C25H27NO3. The van der Waals surface area contributed by atoms with Gasteiger partial charge in [-0.3, -0.25) is 0 Å². The fraction of sp³-hybridized carbons (Fsp3) is 0.240. The summed E-state index contributed by atoms with van der Waals surface area (Å²) < 4.78 is 131. The number of aliphatic hydroxyl groups is 1. The van der Waals surface area contributed by atoms with Crippen molar-refractivity contribution in [1.82, 2.24) is 5.32 Å². The Bertz CT molecular complexity index is 1700. The first kappa shape index (κ1) is 8.42. The minimum Gasteiger partial charge on any atom is -0.478 e. The van der Waals surface area contributed by atoms with Gasteiger partial charge in [-0.1, -0.05) is 66.0 Å². The number of carbonyl (C=O) groups is 1. The number of rotatable bonds is 9. The van der Waals surface area contributed by atoms with Crippen LogP contribution in [0, 0.1) is 6.92 Å². The minimum atomic E-state index is -2.91. The Kier molecular flexibility index (Phi) is 2.91. The van der Waals surface area contributed by atoms with Crippen LogP contribution in [0.3, 0.4) is 0 Å². The van der Waals surface area contributed by atoms with E-state index in [0.717, 1.165) is 0 Å². The van der Waals surface area contributed by atoms with Crippen LogP contribution < -0.4 is 5.32 Å². The molecule has 4 heteroatoms. The molecule has 0 aliphatic carbocycles. The van der Waals surface area contributed by atoms with Crippen molar-refractivity contribution < 1.29 is 36.9 Å². The molecule has 0 heterocycles. The first-order chi connectivity index (χ1) is 20.5. The predicted octanol–water partition coefficient (Wildman–Crippen LogP) is 4.62. The maximum atomic E-state index is 11.7. The average Bonchev–Trinajstić information content (AvgIpc) is 2.95. The number of aliphatic hydroxyl groups excluding tert-OH is 1. The minimum absolute atomic E-state index is 0.0842. The number of aromatic carboxylic acids is 1. The Morgan fingerprint density at radius 3 is 2.59 bits per heavy atom. The molecule has 3 aromatic carbocycles. The molecule has 0 bridgehead atoms. The summed E-state index contributed by atoms with van der Waals surface area (Å²) >= 11 is 0. The highest BCUT2D eigenvalue weighted by molar-refractivity contribution is 5.89. The molecule has 0 aliphatic heterocycles. The summed E-state index contributed by atoms with van der Waals surface area (Å²) in [4.78, 5) is 11.7. The van der Waals surface area contributed by atoms with Gasteiger partial charge in [-0.15, -0.1) is 0 Å². The lowest BCUT2D eigenvalue weighted by atomic mass is 9.99. The Morgan fingerprint density at radius 2 is 1.79 bits per heavy atom. The molecule has 3 aromatic rings. The molecular weight excluding hydrogens is 362 g/mol. The number of carboxylic acid groups (broad SMARTS) is 1. The average molecular weight is 406 g/mol. The summed E-state index contributed by atoms with van der Waals surface area (Å²) in [5, 5.41) is 22.4. The molecule has 3 N–H and O–H groups in total. The summed E-state index contributed by atoms with van der Waals surface area (Å²) in [6.45, 7) is -2.55.